The van der Waals surface area contributed by atoms with E-state index in [1.807, 2.05) is 18.2 Å². The van der Waals surface area contributed by atoms with Crippen LogP contribution in [0.15, 0.2) is 30.6 Å². The number of para-hydroxylation sites is 1. The smallest absolute Gasteiger partial charge is 0.163 e. The standard InChI is InChI=1S/C15H18N4O2/c1-12(20)13-4-2-3-5-14(13)21-9-8-18-6-7-19-11-16-17-15(19)10-18/h2-5,11H,6-10H2,1H3. The van der Waals surface area contributed by atoms with E-state index in [0.717, 1.165) is 32.0 Å². The number of carbonyl (C=O) groups excluding carboxylic acids is 1. The topological polar surface area (TPSA) is 60.2 Å². The quantitative estimate of drug-likeness (QED) is 0.777. The normalized spacial score (nSPS) is 14.7. The van der Waals surface area contributed by atoms with Crippen LogP contribution in [0, 0.1) is 0 Å². The minimum absolute atomic E-state index is 0.0247. The molecule has 0 radical (unpaired) electrons. The first-order valence-corrected chi connectivity index (χ1v) is 7.06. The third-order valence-corrected chi connectivity index (χ3v) is 3.65. The first kappa shape index (κ1) is 13.8. The lowest BCUT2D eigenvalue weighted by atomic mass is 10.1. The molecule has 0 unspecified atom stereocenters. The van der Waals surface area contributed by atoms with Crippen LogP contribution in [-0.2, 0) is 13.1 Å². The highest BCUT2D eigenvalue weighted by Gasteiger charge is 2.17. The molecule has 0 N–H and O–H groups in total. The van der Waals surface area contributed by atoms with E-state index in [-0.39, 0.29) is 5.78 Å². The van der Waals surface area contributed by atoms with E-state index >= 15 is 0 Å². The molecule has 21 heavy (non-hydrogen) atoms. The molecule has 1 aromatic heterocycles. The molecule has 2 aromatic rings. The molecule has 0 amide bonds. The lowest BCUT2D eigenvalue weighted by molar-refractivity contribution is 0.101. The third-order valence-electron chi connectivity index (χ3n) is 3.65. The maximum Gasteiger partial charge on any atom is 0.163 e. The average Bonchev–Trinajstić information content (AvgIpc) is 2.95. The largest absolute Gasteiger partial charge is 0.491 e. The molecule has 1 aromatic carbocycles. The van der Waals surface area contributed by atoms with Crippen LogP contribution in [0.2, 0.25) is 0 Å². The summed E-state index contributed by atoms with van der Waals surface area (Å²) in [5.41, 5.74) is 0.635. The van der Waals surface area contributed by atoms with E-state index in [2.05, 4.69) is 19.7 Å². The average molecular weight is 286 g/mol. The van der Waals surface area contributed by atoms with E-state index in [4.69, 9.17) is 4.74 Å². The van der Waals surface area contributed by atoms with Gasteiger partial charge in [0.1, 0.15) is 24.5 Å². The lowest BCUT2D eigenvalue weighted by Gasteiger charge is -2.26. The molecule has 6 heteroatoms. The summed E-state index contributed by atoms with van der Waals surface area (Å²) in [6.07, 6.45) is 1.77. The summed E-state index contributed by atoms with van der Waals surface area (Å²) >= 11 is 0. The molecule has 0 bridgehead atoms. The van der Waals surface area contributed by atoms with Gasteiger partial charge >= 0.3 is 0 Å². The number of ether oxygens (including phenoxy) is 1. The minimum Gasteiger partial charge on any atom is -0.491 e. The number of nitrogens with zero attached hydrogens (tertiary/aromatic N) is 4. The zero-order valence-electron chi connectivity index (χ0n) is 12.0. The molecule has 1 aliphatic rings. The van der Waals surface area contributed by atoms with Crippen molar-refractivity contribution in [2.75, 3.05) is 19.7 Å². The Morgan fingerprint density at radius 2 is 2.19 bits per heavy atom. The number of hydrogen-bond donors (Lipinski definition) is 0. The zero-order valence-corrected chi connectivity index (χ0v) is 12.0. The summed E-state index contributed by atoms with van der Waals surface area (Å²) in [4.78, 5) is 13.8. The number of ketones is 1. The fourth-order valence-electron chi connectivity index (χ4n) is 2.48. The van der Waals surface area contributed by atoms with Gasteiger partial charge in [0, 0.05) is 19.6 Å². The Morgan fingerprint density at radius 3 is 3.05 bits per heavy atom. The maximum absolute atomic E-state index is 11.5. The number of hydrogen-bond acceptors (Lipinski definition) is 5. The van der Waals surface area contributed by atoms with Gasteiger partial charge in [0.15, 0.2) is 5.78 Å². The van der Waals surface area contributed by atoms with Crippen molar-refractivity contribution in [2.45, 2.75) is 20.0 Å². The molecular weight excluding hydrogens is 268 g/mol. The zero-order chi connectivity index (χ0) is 14.7. The Balaban J connectivity index is 1.54. The van der Waals surface area contributed by atoms with Gasteiger partial charge in [-0.2, -0.15) is 0 Å². The number of carbonyl (C=O) groups is 1. The van der Waals surface area contributed by atoms with Gasteiger partial charge in [-0.15, -0.1) is 10.2 Å². The predicted molar refractivity (Wildman–Crippen MR) is 77.2 cm³/mol. The van der Waals surface area contributed by atoms with Crippen LogP contribution in [0.3, 0.4) is 0 Å². The Morgan fingerprint density at radius 1 is 1.33 bits per heavy atom. The van der Waals surface area contributed by atoms with Gasteiger partial charge in [-0.1, -0.05) is 12.1 Å². The molecule has 0 spiro atoms. The van der Waals surface area contributed by atoms with E-state index in [1.54, 1.807) is 19.3 Å². The van der Waals surface area contributed by atoms with Gasteiger partial charge in [0.25, 0.3) is 0 Å². The van der Waals surface area contributed by atoms with E-state index in [1.165, 1.54) is 0 Å². The van der Waals surface area contributed by atoms with Crippen LogP contribution in [0.1, 0.15) is 23.1 Å². The monoisotopic (exact) mass is 286 g/mol. The molecule has 110 valence electrons. The molecule has 0 saturated carbocycles. The fraction of sp³-hybridized carbons (Fsp3) is 0.400. The number of rotatable bonds is 5. The number of fused-ring (bicyclic) bond motifs is 1. The van der Waals surface area contributed by atoms with Gasteiger partial charge in [0.05, 0.1) is 12.1 Å². The highest BCUT2D eigenvalue weighted by Crippen LogP contribution is 2.18. The summed E-state index contributed by atoms with van der Waals surface area (Å²) in [6.45, 7) is 5.57. The van der Waals surface area contributed by atoms with E-state index in [9.17, 15) is 4.79 Å². The maximum atomic E-state index is 11.5. The van der Waals surface area contributed by atoms with E-state index in [0.29, 0.717) is 17.9 Å². The molecule has 1 aliphatic heterocycles. The second-order valence-electron chi connectivity index (χ2n) is 5.12. The van der Waals surface area contributed by atoms with Gasteiger partial charge in [0.2, 0.25) is 0 Å². The highest BCUT2D eigenvalue weighted by atomic mass is 16.5. The van der Waals surface area contributed by atoms with Crippen LogP contribution < -0.4 is 4.74 Å². The Hall–Kier alpha value is -2.21. The Kier molecular flexibility index (Phi) is 3.96. The van der Waals surface area contributed by atoms with Gasteiger partial charge in [-0.3, -0.25) is 9.69 Å². The number of Topliss-reactive ketones (excluding diaryl/α,β-unsaturated/α-hetero) is 1. The second-order valence-corrected chi connectivity index (χ2v) is 5.12. The summed E-state index contributed by atoms with van der Waals surface area (Å²) in [5, 5.41) is 8.01. The van der Waals surface area contributed by atoms with Crippen LogP contribution in [0.4, 0.5) is 0 Å². The Bertz CT molecular complexity index is 638. The van der Waals surface area contributed by atoms with Crippen molar-refractivity contribution in [1.29, 1.82) is 0 Å². The molecule has 0 atom stereocenters. The van der Waals surface area contributed by atoms with Crippen molar-refractivity contribution in [1.82, 2.24) is 19.7 Å². The number of benzene rings is 1. The summed E-state index contributed by atoms with van der Waals surface area (Å²) in [7, 11) is 0. The van der Waals surface area contributed by atoms with Crippen molar-refractivity contribution in [3.05, 3.63) is 42.0 Å². The van der Waals surface area contributed by atoms with Crippen molar-refractivity contribution in [3.8, 4) is 5.75 Å². The molecule has 0 saturated heterocycles. The molecular formula is C15H18N4O2. The first-order valence-electron chi connectivity index (χ1n) is 7.06. The van der Waals surface area contributed by atoms with Gasteiger partial charge in [-0.25, -0.2) is 0 Å². The third kappa shape index (κ3) is 3.11. The molecule has 2 heterocycles. The van der Waals surface area contributed by atoms with Crippen molar-refractivity contribution in [3.63, 3.8) is 0 Å². The SMILES string of the molecule is CC(=O)c1ccccc1OCCN1CCn2cnnc2C1. The second kappa shape index (κ2) is 6.05. The van der Waals surface area contributed by atoms with Crippen LogP contribution in [-0.4, -0.2) is 45.1 Å². The predicted octanol–water partition coefficient (Wildman–Crippen LogP) is 1.38. The fourth-order valence-corrected chi connectivity index (χ4v) is 2.48. The molecule has 6 nitrogen and oxygen atoms in total. The van der Waals surface area contributed by atoms with Crippen LogP contribution in [0.25, 0.3) is 0 Å². The van der Waals surface area contributed by atoms with Gasteiger partial charge < -0.3 is 9.30 Å². The van der Waals surface area contributed by atoms with E-state index < -0.39 is 0 Å². The molecule has 0 aliphatic carbocycles. The van der Waals surface area contributed by atoms with Gasteiger partial charge in [-0.05, 0) is 19.1 Å². The van der Waals surface area contributed by atoms with Crippen molar-refractivity contribution < 1.29 is 9.53 Å². The van der Waals surface area contributed by atoms with Crippen LogP contribution in [0.5, 0.6) is 5.75 Å². The summed E-state index contributed by atoms with van der Waals surface area (Å²) < 4.78 is 7.84. The lowest BCUT2D eigenvalue weighted by Crippen LogP contribution is -2.36. The highest BCUT2D eigenvalue weighted by molar-refractivity contribution is 5.96. The van der Waals surface area contributed by atoms with Crippen molar-refractivity contribution >= 4 is 5.78 Å². The first-order chi connectivity index (χ1) is 10.2. The molecule has 0 fully saturated rings. The van der Waals surface area contributed by atoms with Crippen LogP contribution >= 0.6 is 0 Å². The van der Waals surface area contributed by atoms with Crippen molar-refractivity contribution in [2.24, 2.45) is 0 Å². The molecule has 3 rings (SSSR count). The summed E-state index contributed by atoms with van der Waals surface area (Å²) in [6, 6.07) is 7.36. The number of aromatic nitrogens is 3. The Labute approximate surface area is 123 Å². The summed E-state index contributed by atoms with van der Waals surface area (Å²) in [5.74, 6) is 1.67. The minimum atomic E-state index is 0.0247.